The molecule has 18 heavy (non-hydrogen) atoms. The van der Waals surface area contributed by atoms with Crippen molar-refractivity contribution in [3.8, 4) is 0 Å². The number of rotatable bonds is 7. The Labute approximate surface area is 109 Å². The lowest BCUT2D eigenvalue weighted by Gasteiger charge is -2.06. The van der Waals surface area contributed by atoms with Crippen molar-refractivity contribution in [2.75, 3.05) is 13.2 Å². The van der Waals surface area contributed by atoms with Gasteiger partial charge < -0.3 is 10.4 Å². The van der Waals surface area contributed by atoms with E-state index in [0.717, 1.165) is 32.4 Å². The van der Waals surface area contributed by atoms with Crippen LogP contribution < -0.4 is 5.32 Å². The van der Waals surface area contributed by atoms with Crippen LogP contribution in [0.2, 0.25) is 0 Å². The molecule has 0 amide bonds. The molecule has 96 valence electrons. The van der Waals surface area contributed by atoms with Gasteiger partial charge in [0.25, 0.3) is 0 Å². The molecule has 2 nitrogen and oxygen atoms in total. The van der Waals surface area contributed by atoms with Crippen LogP contribution in [0.3, 0.4) is 0 Å². The predicted octanol–water partition coefficient (Wildman–Crippen LogP) is 3.09. The van der Waals surface area contributed by atoms with Gasteiger partial charge in [0.15, 0.2) is 0 Å². The van der Waals surface area contributed by atoms with Gasteiger partial charge in [0.05, 0.1) is 0 Å². The molecule has 0 aliphatic heterocycles. The third kappa shape index (κ3) is 3.83. The van der Waals surface area contributed by atoms with Crippen LogP contribution in [0.1, 0.15) is 24.8 Å². The van der Waals surface area contributed by atoms with Gasteiger partial charge >= 0.3 is 0 Å². The van der Waals surface area contributed by atoms with E-state index < -0.39 is 0 Å². The first-order valence-corrected chi connectivity index (χ1v) is 6.69. The Kier molecular flexibility index (Phi) is 5.18. The number of aliphatic hydroxyl groups is 1. The van der Waals surface area contributed by atoms with Crippen molar-refractivity contribution in [2.45, 2.75) is 25.8 Å². The quantitative estimate of drug-likeness (QED) is 0.732. The minimum Gasteiger partial charge on any atom is -0.396 e. The van der Waals surface area contributed by atoms with E-state index in [0.29, 0.717) is 6.61 Å². The minimum absolute atomic E-state index is 0.310. The molecule has 0 heterocycles. The van der Waals surface area contributed by atoms with Gasteiger partial charge in [0.1, 0.15) is 0 Å². The summed E-state index contributed by atoms with van der Waals surface area (Å²) in [7, 11) is 0. The molecular weight excluding hydrogens is 222 g/mol. The summed E-state index contributed by atoms with van der Waals surface area (Å²) in [5.41, 5.74) is 1.33. The van der Waals surface area contributed by atoms with Crippen molar-refractivity contribution < 1.29 is 5.11 Å². The van der Waals surface area contributed by atoms with Gasteiger partial charge in [0.2, 0.25) is 0 Å². The van der Waals surface area contributed by atoms with E-state index in [-0.39, 0.29) is 0 Å². The van der Waals surface area contributed by atoms with E-state index >= 15 is 0 Å². The molecule has 2 aromatic carbocycles. The van der Waals surface area contributed by atoms with Crippen LogP contribution >= 0.6 is 0 Å². The fourth-order valence-corrected chi connectivity index (χ4v) is 2.12. The van der Waals surface area contributed by atoms with Gasteiger partial charge in [-0.05, 0) is 48.2 Å². The Balaban J connectivity index is 1.81. The zero-order valence-corrected chi connectivity index (χ0v) is 10.7. The molecule has 2 aromatic rings. The summed E-state index contributed by atoms with van der Waals surface area (Å²) < 4.78 is 0. The van der Waals surface area contributed by atoms with Crippen LogP contribution in [0.5, 0.6) is 0 Å². The lowest BCUT2D eigenvalue weighted by atomic mass is 10.1. The van der Waals surface area contributed by atoms with E-state index in [1.807, 2.05) is 0 Å². The monoisotopic (exact) mass is 243 g/mol. The number of benzene rings is 2. The van der Waals surface area contributed by atoms with E-state index in [2.05, 4.69) is 47.8 Å². The van der Waals surface area contributed by atoms with Crippen LogP contribution in [-0.2, 0) is 6.54 Å². The number of aliphatic hydroxyl groups excluding tert-OH is 1. The molecule has 0 saturated heterocycles. The SMILES string of the molecule is OCCCCCNCc1ccc2ccccc2c1. The highest BCUT2D eigenvalue weighted by Crippen LogP contribution is 2.15. The fraction of sp³-hybridized carbons (Fsp3) is 0.375. The third-order valence-electron chi connectivity index (χ3n) is 3.15. The van der Waals surface area contributed by atoms with Crippen LogP contribution in [0.15, 0.2) is 42.5 Å². The molecule has 0 fully saturated rings. The van der Waals surface area contributed by atoms with Crippen LogP contribution in [-0.4, -0.2) is 18.3 Å². The van der Waals surface area contributed by atoms with Crippen molar-refractivity contribution in [3.63, 3.8) is 0 Å². The number of hydrogen-bond donors (Lipinski definition) is 2. The predicted molar refractivity (Wildman–Crippen MR) is 76.6 cm³/mol. The minimum atomic E-state index is 0.310. The maximum absolute atomic E-state index is 8.68. The Morgan fingerprint density at radius 3 is 2.56 bits per heavy atom. The zero-order chi connectivity index (χ0) is 12.6. The summed E-state index contributed by atoms with van der Waals surface area (Å²) in [6.45, 7) is 2.25. The van der Waals surface area contributed by atoms with E-state index in [1.54, 1.807) is 0 Å². The van der Waals surface area contributed by atoms with Gasteiger partial charge in [-0.1, -0.05) is 36.4 Å². The Hall–Kier alpha value is -1.38. The summed E-state index contributed by atoms with van der Waals surface area (Å²) >= 11 is 0. The molecule has 0 aliphatic rings. The van der Waals surface area contributed by atoms with Gasteiger partial charge in [0, 0.05) is 13.2 Å². The maximum atomic E-state index is 8.68. The Bertz CT molecular complexity index is 481. The molecule has 0 aliphatic carbocycles. The molecule has 0 radical (unpaired) electrons. The number of hydrogen-bond acceptors (Lipinski definition) is 2. The molecule has 2 N–H and O–H groups in total. The average molecular weight is 243 g/mol. The van der Waals surface area contributed by atoms with Crippen molar-refractivity contribution in [3.05, 3.63) is 48.0 Å². The van der Waals surface area contributed by atoms with E-state index in [4.69, 9.17) is 5.11 Å². The van der Waals surface area contributed by atoms with Crippen LogP contribution in [0.4, 0.5) is 0 Å². The Morgan fingerprint density at radius 1 is 0.889 bits per heavy atom. The molecule has 0 spiro atoms. The maximum Gasteiger partial charge on any atom is 0.0431 e. The second-order valence-electron chi connectivity index (χ2n) is 4.64. The zero-order valence-electron chi connectivity index (χ0n) is 10.7. The largest absolute Gasteiger partial charge is 0.396 e. The molecule has 0 atom stereocenters. The van der Waals surface area contributed by atoms with E-state index in [1.165, 1.54) is 16.3 Å². The highest BCUT2D eigenvalue weighted by Gasteiger charge is 1.96. The average Bonchev–Trinajstić information content (AvgIpc) is 2.42. The Morgan fingerprint density at radius 2 is 1.72 bits per heavy atom. The first-order chi connectivity index (χ1) is 8.90. The summed E-state index contributed by atoms with van der Waals surface area (Å²) in [4.78, 5) is 0. The molecule has 0 bridgehead atoms. The highest BCUT2D eigenvalue weighted by atomic mass is 16.2. The van der Waals surface area contributed by atoms with Crippen molar-refractivity contribution >= 4 is 10.8 Å². The third-order valence-corrected chi connectivity index (χ3v) is 3.15. The van der Waals surface area contributed by atoms with Gasteiger partial charge in [-0.2, -0.15) is 0 Å². The van der Waals surface area contributed by atoms with Gasteiger partial charge in [-0.25, -0.2) is 0 Å². The second-order valence-corrected chi connectivity index (χ2v) is 4.64. The standard InChI is InChI=1S/C16H21NO/c18-11-5-1-4-10-17-13-14-8-9-15-6-2-3-7-16(15)12-14/h2-3,6-9,12,17-18H,1,4-5,10-11,13H2. The van der Waals surface area contributed by atoms with Crippen LogP contribution in [0, 0.1) is 0 Å². The number of fused-ring (bicyclic) bond motifs is 1. The molecule has 0 aromatic heterocycles. The molecule has 2 rings (SSSR count). The first-order valence-electron chi connectivity index (χ1n) is 6.69. The van der Waals surface area contributed by atoms with Crippen molar-refractivity contribution in [1.29, 1.82) is 0 Å². The fourth-order valence-electron chi connectivity index (χ4n) is 2.12. The molecular formula is C16H21NO. The molecule has 2 heteroatoms. The first kappa shape index (κ1) is 13.1. The topological polar surface area (TPSA) is 32.3 Å². The highest BCUT2D eigenvalue weighted by molar-refractivity contribution is 5.82. The van der Waals surface area contributed by atoms with Gasteiger partial charge in [-0.3, -0.25) is 0 Å². The number of nitrogens with one attached hydrogen (secondary N) is 1. The lowest BCUT2D eigenvalue weighted by Crippen LogP contribution is -2.14. The van der Waals surface area contributed by atoms with Crippen LogP contribution in [0.25, 0.3) is 10.8 Å². The van der Waals surface area contributed by atoms with Gasteiger partial charge in [-0.15, -0.1) is 0 Å². The van der Waals surface area contributed by atoms with Crippen molar-refractivity contribution in [1.82, 2.24) is 5.32 Å². The summed E-state index contributed by atoms with van der Waals surface area (Å²) in [6, 6.07) is 15.1. The van der Waals surface area contributed by atoms with Crippen molar-refractivity contribution in [2.24, 2.45) is 0 Å². The lowest BCUT2D eigenvalue weighted by molar-refractivity contribution is 0.283. The molecule has 0 saturated carbocycles. The normalized spacial score (nSPS) is 10.9. The molecule has 0 unspecified atom stereocenters. The van der Waals surface area contributed by atoms with E-state index in [9.17, 15) is 0 Å². The summed E-state index contributed by atoms with van der Waals surface area (Å²) in [5, 5.41) is 14.7. The smallest absolute Gasteiger partial charge is 0.0431 e. The summed E-state index contributed by atoms with van der Waals surface area (Å²) in [6.07, 6.45) is 3.15. The summed E-state index contributed by atoms with van der Waals surface area (Å²) in [5.74, 6) is 0. The second kappa shape index (κ2) is 7.14. The number of unbranched alkanes of at least 4 members (excludes halogenated alkanes) is 2.